The molecule has 3 N–H and O–H groups in total. The highest BCUT2D eigenvalue weighted by molar-refractivity contribution is 9.10. The van der Waals surface area contributed by atoms with Gasteiger partial charge in [-0.3, -0.25) is 9.63 Å². The Morgan fingerprint density at radius 3 is 3.00 bits per heavy atom. The Morgan fingerprint density at radius 1 is 1.52 bits per heavy atom. The number of hydroxylamine groups is 1. The lowest BCUT2D eigenvalue weighted by Gasteiger charge is -2.15. The van der Waals surface area contributed by atoms with Gasteiger partial charge in [-0.05, 0) is 25.1 Å². The summed E-state index contributed by atoms with van der Waals surface area (Å²) in [6, 6.07) is 5.01. The van der Waals surface area contributed by atoms with E-state index in [1.165, 1.54) is 29.9 Å². The zero-order valence-electron chi connectivity index (χ0n) is 14.0. The summed E-state index contributed by atoms with van der Waals surface area (Å²) < 4.78 is 17.1. The minimum atomic E-state index is -0.766. The van der Waals surface area contributed by atoms with Crippen LogP contribution in [0, 0.1) is 5.82 Å². The van der Waals surface area contributed by atoms with Gasteiger partial charge in [0.15, 0.2) is 11.5 Å². The van der Waals surface area contributed by atoms with Crippen molar-refractivity contribution < 1.29 is 19.1 Å². The van der Waals surface area contributed by atoms with Gasteiger partial charge in [0.1, 0.15) is 6.61 Å². The van der Waals surface area contributed by atoms with E-state index >= 15 is 4.39 Å². The molecule has 27 heavy (non-hydrogen) atoms. The standard InChI is InChI=1S/C17H15BrClFN4O3/c1-9(25)8-27-23-17(26)11-7-24-5-4-21-16(24)14(20)15(11)22-13-3-2-10(18)6-12(13)19/h2-7,9,22,25H,8H2,1H3,(H,23,26). The third-order valence-corrected chi connectivity index (χ3v) is 4.35. The first-order valence-electron chi connectivity index (χ1n) is 7.84. The summed E-state index contributed by atoms with van der Waals surface area (Å²) in [4.78, 5) is 21.4. The first-order chi connectivity index (χ1) is 12.9. The fourth-order valence-corrected chi connectivity index (χ4v) is 3.04. The van der Waals surface area contributed by atoms with Gasteiger partial charge in [0, 0.05) is 23.1 Å². The number of hydrogen-bond acceptors (Lipinski definition) is 5. The molecule has 0 radical (unpaired) electrons. The minimum Gasteiger partial charge on any atom is -0.391 e. The van der Waals surface area contributed by atoms with Crippen LogP contribution in [0.15, 0.2) is 41.3 Å². The molecule has 0 saturated carbocycles. The van der Waals surface area contributed by atoms with E-state index in [9.17, 15) is 9.90 Å². The molecule has 3 aromatic rings. The number of fused-ring (bicyclic) bond motifs is 1. The van der Waals surface area contributed by atoms with Gasteiger partial charge in [0.2, 0.25) is 0 Å². The van der Waals surface area contributed by atoms with Crippen molar-refractivity contribution in [3.63, 3.8) is 0 Å². The maximum Gasteiger partial charge on any atom is 0.278 e. The summed E-state index contributed by atoms with van der Waals surface area (Å²) in [5, 5.41) is 12.4. The smallest absolute Gasteiger partial charge is 0.278 e. The SMILES string of the molecule is CC(O)CONC(=O)c1cn2ccnc2c(F)c1Nc1ccc(Br)cc1Cl. The molecule has 0 saturated heterocycles. The van der Waals surface area contributed by atoms with Gasteiger partial charge in [0.25, 0.3) is 5.91 Å². The van der Waals surface area contributed by atoms with Crippen LogP contribution in [0.2, 0.25) is 5.02 Å². The van der Waals surface area contributed by atoms with Crippen molar-refractivity contribution in [2.45, 2.75) is 13.0 Å². The molecule has 2 heterocycles. The number of carbonyl (C=O) groups is 1. The summed E-state index contributed by atoms with van der Waals surface area (Å²) >= 11 is 9.49. The van der Waals surface area contributed by atoms with Crippen molar-refractivity contribution in [2.75, 3.05) is 11.9 Å². The Morgan fingerprint density at radius 2 is 2.30 bits per heavy atom. The van der Waals surface area contributed by atoms with E-state index in [0.29, 0.717) is 10.7 Å². The van der Waals surface area contributed by atoms with Gasteiger partial charge in [-0.2, -0.15) is 0 Å². The number of nitrogens with zero attached hydrogens (tertiary/aromatic N) is 2. The first-order valence-corrected chi connectivity index (χ1v) is 9.01. The molecule has 0 bridgehead atoms. The number of carbonyl (C=O) groups excluding carboxylic acids is 1. The lowest BCUT2D eigenvalue weighted by atomic mass is 10.2. The molecule has 0 aliphatic rings. The third kappa shape index (κ3) is 4.38. The van der Waals surface area contributed by atoms with Gasteiger partial charge >= 0.3 is 0 Å². The number of hydrogen-bond donors (Lipinski definition) is 3. The summed E-state index contributed by atoms with van der Waals surface area (Å²) in [5.41, 5.74) is 2.52. The summed E-state index contributed by atoms with van der Waals surface area (Å²) in [6.07, 6.45) is 3.59. The largest absolute Gasteiger partial charge is 0.391 e. The summed E-state index contributed by atoms with van der Waals surface area (Å²) in [5.74, 6) is -1.41. The molecule has 0 spiro atoms. The number of halogens is 3. The number of rotatable bonds is 6. The second kappa shape index (κ2) is 8.22. The van der Waals surface area contributed by atoms with Gasteiger partial charge in [-0.15, -0.1) is 0 Å². The molecule has 142 valence electrons. The molecule has 0 aliphatic heterocycles. The minimum absolute atomic E-state index is 0.0254. The van der Waals surface area contributed by atoms with Crippen LogP contribution in [0.25, 0.3) is 5.65 Å². The van der Waals surface area contributed by atoms with Crippen LogP contribution in [0.4, 0.5) is 15.8 Å². The number of nitrogens with one attached hydrogen (secondary N) is 2. The number of benzene rings is 1. The Hall–Kier alpha value is -2.20. The van der Waals surface area contributed by atoms with Crippen LogP contribution in [0.1, 0.15) is 17.3 Å². The van der Waals surface area contributed by atoms with Crippen LogP contribution in [-0.4, -0.2) is 33.1 Å². The van der Waals surface area contributed by atoms with E-state index in [0.717, 1.165) is 4.47 Å². The van der Waals surface area contributed by atoms with E-state index in [4.69, 9.17) is 16.4 Å². The average Bonchev–Trinajstić information content (AvgIpc) is 3.07. The molecule has 1 amide bonds. The predicted octanol–water partition coefficient (Wildman–Crippen LogP) is 3.68. The molecule has 0 fully saturated rings. The van der Waals surface area contributed by atoms with Crippen LogP contribution in [0.3, 0.4) is 0 Å². The molecule has 1 atom stereocenters. The second-order valence-corrected chi connectivity index (χ2v) is 7.05. The Kier molecular flexibility index (Phi) is 5.95. The topological polar surface area (TPSA) is 87.9 Å². The number of aromatic nitrogens is 2. The average molecular weight is 458 g/mol. The van der Waals surface area contributed by atoms with Crippen LogP contribution in [-0.2, 0) is 4.84 Å². The Bertz CT molecular complexity index is 996. The third-order valence-electron chi connectivity index (χ3n) is 3.55. The summed E-state index contributed by atoms with van der Waals surface area (Å²) in [7, 11) is 0. The molecule has 1 unspecified atom stereocenters. The maximum atomic E-state index is 15.0. The van der Waals surface area contributed by atoms with Gasteiger partial charge in [-0.1, -0.05) is 27.5 Å². The molecule has 1 aromatic carbocycles. The first kappa shape index (κ1) is 19.6. The van der Waals surface area contributed by atoms with Crippen LogP contribution < -0.4 is 10.8 Å². The van der Waals surface area contributed by atoms with Crippen molar-refractivity contribution in [3.05, 3.63) is 57.7 Å². The summed E-state index contributed by atoms with van der Waals surface area (Å²) in [6.45, 7) is 1.40. The van der Waals surface area contributed by atoms with Crippen molar-refractivity contribution in [2.24, 2.45) is 0 Å². The molecular formula is C17H15BrClFN4O3. The normalized spacial score (nSPS) is 12.2. The molecule has 7 nitrogen and oxygen atoms in total. The van der Waals surface area contributed by atoms with E-state index in [2.05, 4.69) is 31.7 Å². The predicted molar refractivity (Wildman–Crippen MR) is 103 cm³/mol. The maximum absolute atomic E-state index is 15.0. The van der Waals surface area contributed by atoms with E-state index < -0.39 is 17.8 Å². The van der Waals surface area contributed by atoms with Crippen molar-refractivity contribution >= 4 is 50.5 Å². The second-order valence-electron chi connectivity index (χ2n) is 5.73. The van der Waals surface area contributed by atoms with Gasteiger partial charge in [-0.25, -0.2) is 14.9 Å². The Labute approximate surface area is 167 Å². The Balaban J connectivity index is 2.00. The molecule has 2 aromatic heterocycles. The molecule has 0 aliphatic carbocycles. The zero-order chi connectivity index (χ0) is 19.6. The fraction of sp³-hybridized carbons (Fsp3) is 0.176. The highest BCUT2D eigenvalue weighted by Gasteiger charge is 2.21. The van der Waals surface area contributed by atoms with Gasteiger partial charge in [0.05, 0.1) is 28.1 Å². The van der Waals surface area contributed by atoms with E-state index in [1.807, 2.05) is 0 Å². The highest BCUT2D eigenvalue weighted by Crippen LogP contribution is 2.32. The number of pyridine rings is 1. The van der Waals surface area contributed by atoms with Crippen LogP contribution >= 0.6 is 27.5 Å². The number of amides is 1. The molecule has 3 rings (SSSR count). The van der Waals surface area contributed by atoms with Crippen molar-refractivity contribution in [1.29, 1.82) is 0 Å². The fourth-order valence-electron chi connectivity index (χ4n) is 2.32. The number of imidazole rings is 1. The van der Waals surface area contributed by atoms with E-state index in [1.54, 1.807) is 18.2 Å². The van der Waals surface area contributed by atoms with Crippen molar-refractivity contribution in [3.8, 4) is 0 Å². The monoisotopic (exact) mass is 456 g/mol. The number of aliphatic hydroxyl groups is 1. The number of aliphatic hydroxyl groups excluding tert-OH is 1. The van der Waals surface area contributed by atoms with Crippen LogP contribution in [0.5, 0.6) is 0 Å². The highest BCUT2D eigenvalue weighted by atomic mass is 79.9. The lowest BCUT2D eigenvalue weighted by Crippen LogP contribution is -2.28. The van der Waals surface area contributed by atoms with Gasteiger partial charge < -0.3 is 14.8 Å². The quantitative estimate of drug-likeness (QED) is 0.492. The number of anilines is 2. The molecular weight excluding hydrogens is 443 g/mol. The molecule has 10 heteroatoms. The van der Waals surface area contributed by atoms with E-state index in [-0.39, 0.29) is 23.5 Å². The lowest BCUT2D eigenvalue weighted by molar-refractivity contribution is -0.00686. The van der Waals surface area contributed by atoms with Crippen molar-refractivity contribution in [1.82, 2.24) is 14.9 Å². The zero-order valence-corrected chi connectivity index (χ0v) is 16.4.